The van der Waals surface area contributed by atoms with Crippen molar-refractivity contribution in [1.82, 2.24) is 0 Å². The van der Waals surface area contributed by atoms with Crippen LogP contribution >= 0.6 is 0 Å². The molecular formula is C16H12F6O6. The Labute approximate surface area is 153 Å². The van der Waals surface area contributed by atoms with Crippen LogP contribution in [0.3, 0.4) is 0 Å². The second-order valence-electron chi connectivity index (χ2n) is 5.85. The fourth-order valence-electron chi connectivity index (χ4n) is 1.97. The molecule has 0 bridgehead atoms. The number of esters is 2. The molecule has 154 valence electrons. The lowest BCUT2D eigenvalue weighted by atomic mass is 10.1. The van der Waals surface area contributed by atoms with Gasteiger partial charge in [-0.2, -0.15) is 8.78 Å². The summed E-state index contributed by atoms with van der Waals surface area (Å²) in [5, 5.41) is 0. The van der Waals surface area contributed by atoms with Crippen LogP contribution in [0.15, 0.2) is 29.8 Å². The van der Waals surface area contributed by atoms with Crippen LogP contribution in [0.4, 0.5) is 26.3 Å². The fraction of sp³-hybridized carbons (Fsp3) is 0.375. The van der Waals surface area contributed by atoms with Gasteiger partial charge < -0.3 is 14.2 Å². The molecule has 1 heterocycles. The summed E-state index contributed by atoms with van der Waals surface area (Å²) in [7, 11) is 0. The number of carbonyl (C=O) groups is 2. The van der Waals surface area contributed by atoms with E-state index in [-0.39, 0.29) is 5.56 Å². The van der Waals surface area contributed by atoms with Crippen molar-refractivity contribution in [3.8, 4) is 5.75 Å². The highest BCUT2D eigenvalue weighted by Crippen LogP contribution is 2.32. The zero-order valence-corrected chi connectivity index (χ0v) is 14.2. The first-order valence-corrected chi connectivity index (χ1v) is 7.42. The smallest absolute Gasteiger partial charge is 0.429 e. The quantitative estimate of drug-likeness (QED) is 0.317. The molecule has 0 saturated carbocycles. The lowest BCUT2D eigenvalue weighted by molar-refractivity contribution is -0.411. The molecule has 1 aromatic rings. The normalized spacial score (nSPS) is 18.2. The van der Waals surface area contributed by atoms with Gasteiger partial charge >= 0.3 is 30.8 Å². The second-order valence-corrected chi connectivity index (χ2v) is 5.85. The van der Waals surface area contributed by atoms with E-state index in [2.05, 4.69) is 9.47 Å². The third-order valence-corrected chi connectivity index (χ3v) is 3.06. The zero-order valence-electron chi connectivity index (χ0n) is 14.2. The van der Waals surface area contributed by atoms with Crippen LogP contribution in [0, 0.1) is 0 Å². The Kier molecular flexibility index (Phi) is 5.64. The molecule has 6 nitrogen and oxygen atoms in total. The average Bonchev–Trinajstić information content (AvgIpc) is 2.49. The van der Waals surface area contributed by atoms with Crippen molar-refractivity contribution in [3.05, 3.63) is 35.4 Å². The molecule has 1 atom stereocenters. The number of benzene rings is 1. The summed E-state index contributed by atoms with van der Waals surface area (Å²) in [6.45, 7) is 2.68. The van der Waals surface area contributed by atoms with E-state index >= 15 is 0 Å². The van der Waals surface area contributed by atoms with Crippen LogP contribution in [0.5, 0.6) is 5.75 Å². The molecule has 0 radical (unpaired) electrons. The van der Waals surface area contributed by atoms with Crippen LogP contribution < -0.4 is 4.74 Å². The van der Waals surface area contributed by atoms with Gasteiger partial charge in [-0.1, -0.05) is 12.1 Å². The van der Waals surface area contributed by atoms with Gasteiger partial charge in [0.15, 0.2) is 0 Å². The first-order chi connectivity index (χ1) is 12.7. The number of cyclic esters (lactones) is 2. The number of hydrogen-bond donors (Lipinski definition) is 0. The maximum Gasteiger partial charge on any atom is 0.525 e. The van der Waals surface area contributed by atoms with Crippen LogP contribution in [-0.2, 0) is 23.8 Å². The van der Waals surface area contributed by atoms with E-state index in [4.69, 9.17) is 9.47 Å². The summed E-state index contributed by atoms with van der Waals surface area (Å²) in [5.74, 6) is -4.10. The van der Waals surface area contributed by atoms with Gasteiger partial charge in [-0.3, -0.25) is 0 Å². The third kappa shape index (κ3) is 5.62. The highest BCUT2D eigenvalue weighted by molar-refractivity contribution is 6.18. The number of rotatable bonds is 5. The van der Waals surface area contributed by atoms with E-state index in [9.17, 15) is 35.9 Å². The van der Waals surface area contributed by atoms with Gasteiger partial charge in [-0.05, 0) is 23.8 Å². The van der Waals surface area contributed by atoms with E-state index in [1.165, 1.54) is 13.8 Å². The van der Waals surface area contributed by atoms with Crippen molar-refractivity contribution in [2.75, 3.05) is 0 Å². The van der Waals surface area contributed by atoms with Crippen LogP contribution in [-0.4, -0.2) is 36.6 Å². The van der Waals surface area contributed by atoms with Gasteiger partial charge in [-0.15, -0.1) is 13.2 Å². The maximum absolute atomic E-state index is 13.3. The monoisotopic (exact) mass is 414 g/mol. The Morgan fingerprint density at radius 2 is 1.50 bits per heavy atom. The number of ether oxygens (including phenoxy) is 4. The first-order valence-electron chi connectivity index (χ1n) is 7.42. The minimum atomic E-state index is -5.62. The van der Waals surface area contributed by atoms with Gasteiger partial charge in [0.25, 0.3) is 5.79 Å². The Bertz CT molecular complexity index is 762. The van der Waals surface area contributed by atoms with E-state index in [0.717, 1.165) is 30.3 Å². The standard InChI is InChI=1S/C16H12F6O6/c1-14(2)26-11(23)10(12(24)27-14)7-8-3-5-9(6-4-8)25-15(18,19)13(17)28-16(20,21)22/h3-7,13H,1-2H3. The summed E-state index contributed by atoms with van der Waals surface area (Å²) < 4.78 is 91.3. The van der Waals surface area contributed by atoms with Crippen molar-refractivity contribution in [2.45, 2.75) is 38.5 Å². The van der Waals surface area contributed by atoms with Crippen molar-refractivity contribution in [3.63, 3.8) is 0 Å². The lowest BCUT2D eigenvalue weighted by Gasteiger charge is -2.29. The molecule has 12 heteroatoms. The van der Waals surface area contributed by atoms with Gasteiger partial charge in [0, 0.05) is 13.8 Å². The van der Waals surface area contributed by atoms with Crippen LogP contribution in [0.2, 0.25) is 0 Å². The van der Waals surface area contributed by atoms with E-state index in [0.29, 0.717) is 0 Å². The first kappa shape index (κ1) is 21.5. The number of halogens is 6. The predicted molar refractivity (Wildman–Crippen MR) is 78.3 cm³/mol. The molecule has 0 aliphatic carbocycles. The SMILES string of the molecule is CC1(C)OC(=O)C(=Cc2ccc(OC(F)(F)C(F)OC(F)(F)F)cc2)C(=O)O1. The molecule has 0 spiro atoms. The summed E-state index contributed by atoms with van der Waals surface area (Å²) >= 11 is 0. The lowest BCUT2D eigenvalue weighted by Crippen LogP contribution is -2.41. The fourth-order valence-corrected chi connectivity index (χ4v) is 1.97. The molecule has 1 saturated heterocycles. The van der Waals surface area contributed by atoms with Gasteiger partial charge in [0.2, 0.25) is 0 Å². The summed E-state index contributed by atoms with van der Waals surface area (Å²) in [6, 6.07) is 3.86. The number of alkyl halides is 6. The van der Waals surface area contributed by atoms with Crippen molar-refractivity contribution in [2.24, 2.45) is 0 Å². The van der Waals surface area contributed by atoms with Gasteiger partial charge in [0.1, 0.15) is 11.3 Å². The van der Waals surface area contributed by atoms with Crippen LogP contribution in [0.25, 0.3) is 6.08 Å². The molecule has 0 aromatic heterocycles. The zero-order chi connectivity index (χ0) is 21.3. The Morgan fingerprint density at radius 1 is 1.00 bits per heavy atom. The van der Waals surface area contributed by atoms with Crippen LogP contribution in [0.1, 0.15) is 19.4 Å². The molecule has 1 aromatic carbocycles. The summed E-state index contributed by atoms with van der Waals surface area (Å²) in [6.07, 6.45) is -13.6. The van der Waals surface area contributed by atoms with E-state index < -0.39 is 47.9 Å². The maximum atomic E-state index is 13.3. The molecule has 1 aliphatic rings. The van der Waals surface area contributed by atoms with Crippen molar-refractivity contribution in [1.29, 1.82) is 0 Å². The van der Waals surface area contributed by atoms with E-state index in [1.54, 1.807) is 0 Å². The van der Waals surface area contributed by atoms with Gasteiger partial charge in [-0.25, -0.2) is 18.7 Å². The minimum Gasteiger partial charge on any atom is -0.429 e. The molecule has 0 amide bonds. The highest BCUT2D eigenvalue weighted by Gasteiger charge is 2.50. The van der Waals surface area contributed by atoms with E-state index in [1.807, 2.05) is 0 Å². The second kappa shape index (κ2) is 7.34. The molecule has 2 rings (SSSR count). The molecule has 28 heavy (non-hydrogen) atoms. The molecule has 1 fully saturated rings. The Morgan fingerprint density at radius 3 is 1.96 bits per heavy atom. The minimum absolute atomic E-state index is 0.141. The largest absolute Gasteiger partial charge is 0.525 e. The Balaban J connectivity index is 2.11. The number of hydrogen-bond acceptors (Lipinski definition) is 6. The highest BCUT2D eigenvalue weighted by atomic mass is 19.4. The Hall–Kier alpha value is -2.76. The predicted octanol–water partition coefficient (Wildman–Crippen LogP) is 3.71. The molecule has 1 unspecified atom stereocenters. The third-order valence-electron chi connectivity index (χ3n) is 3.06. The van der Waals surface area contributed by atoms with Crippen molar-refractivity contribution < 1.29 is 54.9 Å². The average molecular weight is 414 g/mol. The topological polar surface area (TPSA) is 71.1 Å². The number of carbonyl (C=O) groups excluding carboxylic acids is 2. The van der Waals surface area contributed by atoms with Gasteiger partial charge in [0.05, 0.1) is 0 Å². The molecular weight excluding hydrogens is 402 g/mol. The molecule has 1 aliphatic heterocycles. The summed E-state index contributed by atoms with van der Waals surface area (Å²) in [4.78, 5) is 23.6. The summed E-state index contributed by atoms with van der Waals surface area (Å²) in [5.41, 5.74) is -0.330. The van der Waals surface area contributed by atoms with Crippen molar-refractivity contribution >= 4 is 18.0 Å². The molecule has 0 N–H and O–H groups in total.